The van der Waals surface area contributed by atoms with E-state index in [9.17, 15) is 43.2 Å². The predicted molar refractivity (Wildman–Crippen MR) is 201 cm³/mol. The number of carbonyl (C=O) groups is 9. The Hall–Kier alpha value is -3.23. The second kappa shape index (κ2) is 22.8. The molecule has 1 rings (SSSR count). The van der Waals surface area contributed by atoms with E-state index in [0.717, 1.165) is 5.57 Å². The molecule has 52 heavy (non-hydrogen) atoms. The van der Waals surface area contributed by atoms with Gasteiger partial charge in [0, 0.05) is 86.4 Å². The first-order valence-electron chi connectivity index (χ1n) is 19.6. The van der Waals surface area contributed by atoms with Crippen LogP contribution in [0.4, 0.5) is 0 Å². The van der Waals surface area contributed by atoms with E-state index in [-0.39, 0.29) is 110 Å². The van der Waals surface area contributed by atoms with Crippen molar-refractivity contribution >= 4 is 52.0 Å². The SMILES string of the molecule is C=C(C)CC(C)C(=O)CC(CCC(C)=O)C(=O)CC(C(=O)CC(C(=O)C1CCCC1C(=O)CC(CCC)C(=O)C(=O)CCC(C)=O)C(C)C)C(C)C. The van der Waals surface area contributed by atoms with E-state index in [2.05, 4.69) is 6.58 Å². The minimum absolute atomic E-state index is 0.00104. The average Bonchev–Trinajstić information content (AvgIpc) is 3.55. The standard InChI is InChI=1S/C43H66O9/c1-11-13-32(42(51)37(46)19-17-30(10)45)22-40(49)33-14-12-15-34(33)43(52)36(27(6)7)24-41(50)35(26(4)5)23-39(48)31(18-16-29(9)44)21-38(47)28(8)20-25(2)3/h26-28,31-36H,2,11-24H2,1,3-10H3. The van der Waals surface area contributed by atoms with Crippen molar-refractivity contribution in [3.63, 3.8) is 0 Å². The summed E-state index contributed by atoms with van der Waals surface area (Å²) in [4.78, 5) is 117. The Morgan fingerprint density at radius 1 is 0.596 bits per heavy atom. The Morgan fingerprint density at radius 3 is 1.67 bits per heavy atom. The van der Waals surface area contributed by atoms with Crippen molar-refractivity contribution in [1.29, 1.82) is 0 Å². The monoisotopic (exact) mass is 726 g/mol. The fourth-order valence-electron chi connectivity index (χ4n) is 7.64. The van der Waals surface area contributed by atoms with Crippen LogP contribution in [0, 0.1) is 53.3 Å². The highest BCUT2D eigenvalue weighted by Crippen LogP contribution is 2.39. The molecule has 0 bridgehead atoms. The molecule has 0 saturated heterocycles. The van der Waals surface area contributed by atoms with Crippen LogP contribution in [-0.2, 0) is 43.2 Å². The first-order chi connectivity index (χ1) is 24.2. The highest BCUT2D eigenvalue weighted by atomic mass is 16.2. The normalized spacial score (nSPS) is 18.7. The van der Waals surface area contributed by atoms with Crippen LogP contribution in [0.2, 0.25) is 0 Å². The topological polar surface area (TPSA) is 154 Å². The van der Waals surface area contributed by atoms with E-state index in [0.29, 0.717) is 38.5 Å². The first-order valence-corrected chi connectivity index (χ1v) is 19.6. The van der Waals surface area contributed by atoms with Gasteiger partial charge in [0.2, 0.25) is 5.78 Å². The predicted octanol–water partition coefficient (Wildman–Crippen LogP) is 7.86. The largest absolute Gasteiger partial charge is 0.300 e. The summed E-state index contributed by atoms with van der Waals surface area (Å²) < 4.78 is 0. The zero-order valence-electron chi connectivity index (χ0n) is 33.5. The van der Waals surface area contributed by atoms with Gasteiger partial charge < -0.3 is 9.59 Å². The van der Waals surface area contributed by atoms with Gasteiger partial charge in [-0.15, -0.1) is 6.58 Å². The Bertz CT molecular complexity index is 1340. The summed E-state index contributed by atoms with van der Waals surface area (Å²) in [6, 6.07) is 0. The lowest BCUT2D eigenvalue weighted by atomic mass is 9.73. The third-order valence-electron chi connectivity index (χ3n) is 10.9. The lowest BCUT2D eigenvalue weighted by Gasteiger charge is -2.28. The van der Waals surface area contributed by atoms with E-state index < -0.39 is 47.1 Å². The molecule has 1 aliphatic carbocycles. The summed E-state index contributed by atoms with van der Waals surface area (Å²) in [6.45, 7) is 19.7. The summed E-state index contributed by atoms with van der Waals surface area (Å²) in [5.74, 6) is -7.16. The molecular weight excluding hydrogens is 660 g/mol. The Morgan fingerprint density at radius 2 is 1.15 bits per heavy atom. The van der Waals surface area contributed by atoms with Crippen LogP contribution in [0.1, 0.15) is 152 Å². The van der Waals surface area contributed by atoms with Crippen LogP contribution >= 0.6 is 0 Å². The molecule has 1 aliphatic rings. The number of rotatable bonds is 28. The molecule has 0 amide bonds. The van der Waals surface area contributed by atoms with Gasteiger partial charge in [0.25, 0.3) is 0 Å². The smallest absolute Gasteiger partial charge is 0.201 e. The second-order valence-corrected chi connectivity index (χ2v) is 16.4. The molecule has 1 saturated carbocycles. The zero-order chi connectivity index (χ0) is 39.9. The molecule has 0 spiro atoms. The van der Waals surface area contributed by atoms with Crippen molar-refractivity contribution in [3.05, 3.63) is 12.2 Å². The minimum Gasteiger partial charge on any atom is -0.300 e. The van der Waals surface area contributed by atoms with E-state index in [1.807, 2.05) is 41.5 Å². The third kappa shape index (κ3) is 15.4. The summed E-state index contributed by atoms with van der Waals surface area (Å²) in [6.07, 6.45) is 3.03. The van der Waals surface area contributed by atoms with E-state index >= 15 is 0 Å². The average molecular weight is 727 g/mol. The van der Waals surface area contributed by atoms with Crippen LogP contribution in [0.5, 0.6) is 0 Å². The number of ketones is 9. The Balaban J connectivity index is 3.16. The molecule has 9 nitrogen and oxygen atoms in total. The van der Waals surface area contributed by atoms with E-state index in [1.54, 1.807) is 6.92 Å². The highest BCUT2D eigenvalue weighted by Gasteiger charge is 2.43. The molecule has 0 N–H and O–H groups in total. The number of carbonyl (C=O) groups excluding carboxylic acids is 9. The second-order valence-electron chi connectivity index (χ2n) is 16.4. The fourth-order valence-corrected chi connectivity index (χ4v) is 7.64. The van der Waals surface area contributed by atoms with Crippen LogP contribution in [0.15, 0.2) is 12.2 Å². The molecule has 0 aromatic carbocycles. The fraction of sp³-hybridized carbons (Fsp3) is 0.744. The molecular formula is C43H66O9. The summed E-state index contributed by atoms with van der Waals surface area (Å²) in [7, 11) is 0. The molecule has 292 valence electrons. The lowest BCUT2D eigenvalue weighted by molar-refractivity contribution is -0.142. The van der Waals surface area contributed by atoms with Gasteiger partial charge in [-0.1, -0.05) is 60.0 Å². The molecule has 7 unspecified atom stereocenters. The van der Waals surface area contributed by atoms with Crippen molar-refractivity contribution in [1.82, 2.24) is 0 Å². The molecule has 0 aromatic rings. The van der Waals surface area contributed by atoms with Gasteiger partial charge in [0.15, 0.2) is 5.78 Å². The van der Waals surface area contributed by atoms with Crippen LogP contribution in [0.25, 0.3) is 0 Å². The highest BCUT2D eigenvalue weighted by molar-refractivity contribution is 6.38. The van der Waals surface area contributed by atoms with Crippen molar-refractivity contribution in [3.8, 4) is 0 Å². The van der Waals surface area contributed by atoms with Gasteiger partial charge in [0.05, 0.1) is 0 Å². The quantitative estimate of drug-likeness (QED) is 0.0579. The molecule has 0 aliphatic heterocycles. The maximum absolute atomic E-state index is 14.2. The van der Waals surface area contributed by atoms with E-state index in [1.165, 1.54) is 13.8 Å². The maximum Gasteiger partial charge on any atom is 0.201 e. The maximum atomic E-state index is 14.2. The van der Waals surface area contributed by atoms with Gasteiger partial charge >= 0.3 is 0 Å². The molecule has 0 radical (unpaired) electrons. The lowest BCUT2D eigenvalue weighted by Crippen LogP contribution is -2.37. The van der Waals surface area contributed by atoms with Gasteiger partial charge in [-0.05, 0) is 64.7 Å². The molecule has 0 heterocycles. The first kappa shape index (κ1) is 46.8. The minimum atomic E-state index is -0.788. The van der Waals surface area contributed by atoms with Crippen molar-refractivity contribution in [2.45, 2.75) is 152 Å². The summed E-state index contributed by atoms with van der Waals surface area (Å²) in [5.41, 5.74) is 0.866. The molecule has 9 heteroatoms. The number of Topliss-reactive ketones (excluding diaryl/α,β-unsaturated/α-hetero) is 9. The van der Waals surface area contributed by atoms with Crippen LogP contribution in [-0.4, -0.2) is 52.0 Å². The summed E-state index contributed by atoms with van der Waals surface area (Å²) in [5, 5.41) is 0. The third-order valence-corrected chi connectivity index (χ3v) is 10.9. The van der Waals surface area contributed by atoms with Gasteiger partial charge in [-0.3, -0.25) is 33.6 Å². The van der Waals surface area contributed by atoms with Gasteiger partial charge in [-0.2, -0.15) is 0 Å². The molecule has 0 aromatic heterocycles. The Kier molecular flexibility index (Phi) is 20.5. The van der Waals surface area contributed by atoms with Crippen molar-refractivity contribution < 1.29 is 43.2 Å². The van der Waals surface area contributed by atoms with Crippen LogP contribution < -0.4 is 0 Å². The summed E-state index contributed by atoms with van der Waals surface area (Å²) >= 11 is 0. The number of allylic oxidation sites excluding steroid dienone is 1. The number of hydrogen-bond acceptors (Lipinski definition) is 9. The van der Waals surface area contributed by atoms with Gasteiger partial charge in [-0.25, -0.2) is 0 Å². The van der Waals surface area contributed by atoms with E-state index in [4.69, 9.17) is 0 Å². The number of hydrogen-bond donors (Lipinski definition) is 0. The van der Waals surface area contributed by atoms with Crippen LogP contribution in [0.3, 0.4) is 0 Å². The van der Waals surface area contributed by atoms with Gasteiger partial charge in [0.1, 0.15) is 40.5 Å². The van der Waals surface area contributed by atoms with Crippen molar-refractivity contribution in [2.24, 2.45) is 53.3 Å². The molecule has 7 atom stereocenters. The zero-order valence-corrected chi connectivity index (χ0v) is 33.5. The Labute approximate surface area is 312 Å². The molecule has 1 fully saturated rings. The van der Waals surface area contributed by atoms with Crippen molar-refractivity contribution in [2.75, 3.05) is 0 Å².